The lowest BCUT2D eigenvalue weighted by molar-refractivity contribution is -0.118. The van der Waals surface area contributed by atoms with Crippen LogP contribution in [0.25, 0.3) is 5.57 Å². The van der Waals surface area contributed by atoms with Gasteiger partial charge < -0.3 is 20.2 Å². The molecule has 0 spiro atoms. The van der Waals surface area contributed by atoms with E-state index < -0.39 is 0 Å². The molecule has 0 saturated heterocycles. The number of nitrogens with two attached hydrogens (primary N) is 1. The van der Waals surface area contributed by atoms with E-state index in [4.69, 9.17) is 14.9 Å². The Morgan fingerprint density at radius 3 is 2.86 bits per heavy atom. The van der Waals surface area contributed by atoms with Gasteiger partial charge in [-0.1, -0.05) is 19.9 Å². The first kappa shape index (κ1) is 19.5. The Labute approximate surface area is 170 Å². The van der Waals surface area contributed by atoms with Crippen molar-refractivity contribution in [3.63, 3.8) is 0 Å². The molecule has 1 unspecified atom stereocenters. The van der Waals surface area contributed by atoms with Crippen molar-refractivity contribution < 1.29 is 13.9 Å². The average molecular weight is 394 g/mol. The van der Waals surface area contributed by atoms with Gasteiger partial charge >= 0.3 is 0 Å². The third-order valence-corrected chi connectivity index (χ3v) is 5.31. The fraction of sp³-hybridized carbons (Fsp3) is 0.409. The SMILES string of the molecule is CC1(C)CC(=O)C2=C(C1)NC(COCCN)=C(c1ncco1)C2c1cccnc1. The van der Waals surface area contributed by atoms with Gasteiger partial charge in [-0.3, -0.25) is 9.78 Å². The maximum atomic E-state index is 13.3. The van der Waals surface area contributed by atoms with E-state index in [-0.39, 0.29) is 17.1 Å². The Hall–Kier alpha value is -2.77. The Kier molecular flexibility index (Phi) is 5.34. The number of allylic oxidation sites excluding steroid dienone is 3. The van der Waals surface area contributed by atoms with Gasteiger partial charge in [-0.15, -0.1) is 0 Å². The summed E-state index contributed by atoms with van der Waals surface area (Å²) in [6.07, 6.45) is 7.96. The fourth-order valence-electron chi connectivity index (χ4n) is 4.21. The van der Waals surface area contributed by atoms with Crippen molar-refractivity contribution in [3.8, 4) is 0 Å². The molecule has 7 heteroatoms. The van der Waals surface area contributed by atoms with Crippen LogP contribution in [0.15, 0.2) is 58.4 Å². The van der Waals surface area contributed by atoms with Gasteiger partial charge in [0.15, 0.2) is 5.78 Å². The number of carbonyl (C=O) groups is 1. The minimum atomic E-state index is -0.307. The molecule has 152 valence electrons. The van der Waals surface area contributed by atoms with Gasteiger partial charge in [-0.25, -0.2) is 4.98 Å². The predicted octanol–water partition coefficient (Wildman–Crippen LogP) is 2.79. The van der Waals surface area contributed by atoms with Gasteiger partial charge in [0.25, 0.3) is 0 Å². The molecular weight excluding hydrogens is 368 g/mol. The lowest BCUT2D eigenvalue weighted by Crippen LogP contribution is -2.38. The summed E-state index contributed by atoms with van der Waals surface area (Å²) in [4.78, 5) is 21.9. The Morgan fingerprint density at radius 1 is 1.31 bits per heavy atom. The van der Waals surface area contributed by atoms with Gasteiger partial charge in [-0.05, 0) is 23.5 Å². The summed E-state index contributed by atoms with van der Waals surface area (Å²) in [5.41, 5.74) is 9.80. The fourth-order valence-corrected chi connectivity index (χ4v) is 4.21. The summed E-state index contributed by atoms with van der Waals surface area (Å²) in [7, 11) is 0. The molecule has 0 fully saturated rings. The number of carbonyl (C=O) groups excluding carboxylic acids is 1. The van der Waals surface area contributed by atoms with Crippen molar-refractivity contribution >= 4 is 11.4 Å². The number of nitrogens with one attached hydrogen (secondary N) is 1. The van der Waals surface area contributed by atoms with E-state index in [1.165, 1.54) is 6.26 Å². The zero-order valence-electron chi connectivity index (χ0n) is 16.8. The second-order valence-corrected chi connectivity index (χ2v) is 8.25. The molecule has 4 rings (SSSR count). The molecule has 1 aliphatic carbocycles. The van der Waals surface area contributed by atoms with Crippen LogP contribution in [0.2, 0.25) is 0 Å². The van der Waals surface area contributed by atoms with E-state index in [1.807, 2.05) is 12.1 Å². The first-order valence-corrected chi connectivity index (χ1v) is 9.84. The maximum absolute atomic E-state index is 13.3. The number of nitrogens with zero attached hydrogens (tertiary/aromatic N) is 2. The number of hydrogen-bond donors (Lipinski definition) is 2. The normalized spacial score (nSPS) is 21.2. The van der Waals surface area contributed by atoms with Crippen LogP contribution in [0.3, 0.4) is 0 Å². The lowest BCUT2D eigenvalue weighted by atomic mass is 9.68. The zero-order valence-corrected chi connectivity index (χ0v) is 16.8. The van der Waals surface area contributed by atoms with E-state index >= 15 is 0 Å². The molecule has 1 atom stereocenters. The number of ether oxygens (including phenoxy) is 1. The van der Waals surface area contributed by atoms with Crippen LogP contribution in [0.5, 0.6) is 0 Å². The average Bonchev–Trinajstić information content (AvgIpc) is 3.21. The molecule has 7 nitrogen and oxygen atoms in total. The zero-order chi connectivity index (χ0) is 20.4. The number of hydrogen-bond acceptors (Lipinski definition) is 7. The maximum Gasteiger partial charge on any atom is 0.224 e. The summed E-state index contributed by atoms with van der Waals surface area (Å²) in [5, 5.41) is 3.49. The second-order valence-electron chi connectivity index (χ2n) is 8.25. The molecule has 1 aliphatic heterocycles. The quantitative estimate of drug-likeness (QED) is 0.726. The highest BCUT2D eigenvalue weighted by molar-refractivity contribution is 6.03. The number of rotatable bonds is 6. The van der Waals surface area contributed by atoms with Crippen molar-refractivity contribution in [2.45, 2.75) is 32.6 Å². The number of dihydropyridines is 1. The molecule has 3 heterocycles. The van der Waals surface area contributed by atoms with Gasteiger partial charge in [0, 0.05) is 48.1 Å². The van der Waals surface area contributed by atoms with E-state index in [1.54, 1.807) is 18.6 Å². The van der Waals surface area contributed by atoms with Crippen LogP contribution in [-0.4, -0.2) is 35.5 Å². The Balaban J connectivity index is 1.88. The summed E-state index contributed by atoms with van der Waals surface area (Å²) >= 11 is 0. The van der Waals surface area contributed by atoms with Crippen molar-refractivity contribution in [1.82, 2.24) is 15.3 Å². The molecule has 0 saturated carbocycles. The number of Topliss-reactive ketones (excluding diaryl/α,β-unsaturated/α-hetero) is 1. The third kappa shape index (κ3) is 3.88. The topological polar surface area (TPSA) is 103 Å². The highest BCUT2D eigenvalue weighted by Crippen LogP contribution is 2.48. The Morgan fingerprint density at radius 2 is 2.17 bits per heavy atom. The summed E-state index contributed by atoms with van der Waals surface area (Å²) in [6.45, 7) is 5.45. The van der Waals surface area contributed by atoms with E-state index in [9.17, 15) is 4.79 Å². The van der Waals surface area contributed by atoms with E-state index in [2.05, 4.69) is 29.1 Å². The first-order valence-electron chi connectivity index (χ1n) is 9.84. The molecule has 29 heavy (non-hydrogen) atoms. The highest BCUT2D eigenvalue weighted by atomic mass is 16.5. The van der Waals surface area contributed by atoms with Crippen LogP contribution >= 0.6 is 0 Å². The van der Waals surface area contributed by atoms with Crippen LogP contribution in [0.4, 0.5) is 0 Å². The first-order chi connectivity index (χ1) is 14.0. The largest absolute Gasteiger partial charge is 0.445 e. The molecule has 3 N–H and O–H groups in total. The monoisotopic (exact) mass is 394 g/mol. The van der Waals surface area contributed by atoms with Gasteiger partial charge in [0.1, 0.15) is 6.26 Å². The molecule has 0 amide bonds. The molecule has 0 radical (unpaired) electrons. The summed E-state index contributed by atoms with van der Waals surface area (Å²) < 4.78 is 11.4. The number of ketones is 1. The number of pyridine rings is 1. The molecule has 2 aromatic rings. The standard InChI is InChI=1S/C22H26N4O3/c1-22(2)10-15-19(17(27)11-22)18(14-4-3-6-24-12-14)20(21-25-7-9-29-21)16(26-15)13-28-8-5-23/h3-4,6-7,9,12,18,26H,5,8,10-11,13,23H2,1-2H3. The summed E-state index contributed by atoms with van der Waals surface area (Å²) in [5.74, 6) is 0.309. The molecular formula is C22H26N4O3. The smallest absolute Gasteiger partial charge is 0.224 e. The van der Waals surface area contributed by atoms with Crippen molar-refractivity contribution in [2.24, 2.45) is 11.1 Å². The summed E-state index contributed by atoms with van der Waals surface area (Å²) in [6, 6.07) is 3.87. The van der Waals surface area contributed by atoms with Crippen LogP contribution in [-0.2, 0) is 9.53 Å². The molecule has 0 aromatic carbocycles. The van der Waals surface area contributed by atoms with Crippen molar-refractivity contribution in [3.05, 3.63) is 65.4 Å². The van der Waals surface area contributed by atoms with Crippen LogP contribution < -0.4 is 11.1 Å². The van der Waals surface area contributed by atoms with E-state index in [0.717, 1.165) is 34.5 Å². The second kappa shape index (κ2) is 7.93. The predicted molar refractivity (Wildman–Crippen MR) is 108 cm³/mol. The molecule has 2 aliphatic rings. The molecule has 0 bridgehead atoms. The van der Waals surface area contributed by atoms with Crippen LogP contribution in [0, 0.1) is 5.41 Å². The number of aromatic nitrogens is 2. The van der Waals surface area contributed by atoms with Gasteiger partial charge in [0.05, 0.1) is 25.1 Å². The van der Waals surface area contributed by atoms with Crippen molar-refractivity contribution in [1.29, 1.82) is 0 Å². The van der Waals surface area contributed by atoms with E-state index in [0.29, 0.717) is 32.1 Å². The number of oxazole rings is 1. The van der Waals surface area contributed by atoms with Gasteiger partial charge in [0.2, 0.25) is 5.89 Å². The lowest BCUT2D eigenvalue weighted by Gasteiger charge is -2.39. The van der Waals surface area contributed by atoms with Crippen LogP contribution in [0.1, 0.15) is 44.1 Å². The minimum absolute atomic E-state index is 0.105. The van der Waals surface area contributed by atoms with Gasteiger partial charge in [-0.2, -0.15) is 0 Å². The molecule has 2 aromatic heterocycles. The van der Waals surface area contributed by atoms with Crippen molar-refractivity contribution in [2.75, 3.05) is 19.8 Å². The highest BCUT2D eigenvalue weighted by Gasteiger charge is 2.43. The minimum Gasteiger partial charge on any atom is -0.445 e. The third-order valence-electron chi connectivity index (χ3n) is 5.31. The Bertz CT molecular complexity index is 946.